The van der Waals surface area contributed by atoms with Crippen molar-refractivity contribution >= 4 is 5.69 Å². The van der Waals surface area contributed by atoms with Crippen molar-refractivity contribution in [1.82, 2.24) is 4.90 Å². The maximum atomic E-state index is 5.68. The lowest BCUT2D eigenvalue weighted by molar-refractivity contribution is 0.102. The van der Waals surface area contributed by atoms with Gasteiger partial charge >= 0.3 is 0 Å². The Morgan fingerprint density at radius 2 is 2.10 bits per heavy atom. The third kappa shape index (κ3) is 3.09. The average Bonchev–Trinajstić information content (AvgIpc) is 2.49. The van der Waals surface area contributed by atoms with E-state index in [1.54, 1.807) is 0 Å². The minimum absolute atomic E-state index is 0.736. The van der Waals surface area contributed by atoms with Crippen LogP contribution in [-0.4, -0.2) is 44.2 Å². The monoisotopic (exact) mass is 287 g/mol. The van der Waals surface area contributed by atoms with E-state index < -0.39 is 0 Å². The van der Waals surface area contributed by atoms with Crippen LogP contribution in [0.25, 0.3) is 0 Å². The molecule has 1 aromatic rings. The third-order valence-electron chi connectivity index (χ3n) is 5.45. The molecular weight excluding hydrogens is 258 g/mol. The fourth-order valence-corrected chi connectivity index (χ4v) is 4.20. The second-order valence-corrected chi connectivity index (χ2v) is 6.83. The van der Waals surface area contributed by atoms with E-state index in [1.165, 1.54) is 55.7 Å². The van der Waals surface area contributed by atoms with Crippen molar-refractivity contribution in [3.8, 4) is 0 Å². The number of nitrogens with zero attached hydrogens (tertiary/aromatic N) is 2. The van der Waals surface area contributed by atoms with Crippen LogP contribution in [0.5, 0.6) is 0 Å². The smallest absolute Gasteiger partial charge is 0.0369 e. The lowest BCUT2D eigenvalue weighted by atomic mass is 9.84. The van der Waals surface area contributed by atoms with Crippen molar-refractivity contribution in [2.45, 2.75) is 38.6 Å². The van der Waals surface area contributed by atoms with E-state index in [9.17, 15) is 0 Å². The number of aryl methyl sites for hydroxylation is 1. The van der Waals surface area contributed by atoms with Gasteiger partial charge in [0.05, 0.1) is 0 Å². The van der Waals surface area contributed by atoms with Gasteiger partial charge in [-0.25, -0.2) is 0 Å². The number of piperidine rings is 2. The number of fused-ring (bicyclic) bond motifs is 1. The second-order valence-electron chi connectivity index (χ2n) is 6.83. The molecule has 116 valence electrons. The quantitative estimate of drug-likeness (QED) is 0.926. The molecule has 2 heterocycles. The van der Waals surface area contributed by atoms with Crippen LogP contribution in [0.4, 0.5) is 5.69 Å². The fraction of sp³-hybridized carbons (Fsp3) is 0.667. The lowest BCUT2D eigenvalue weighted by Gasteiger charge is -2.46. The normalized spacial score (nSPS) is 26.7. The number of hydrogen-bond acceptors (Lipinski definition) is 3. The molecule has 0 saturated carbocycles. The zero-order valence-electron chi connectivity index (χ0n) is 13.5. The average molecular weight is 287 g/mol. The minimum atomic E-state index is 0.736. The summed E-state index contributed by atoms with van der Waals surface area (Å²) in [6.45, 7) is 6.66. The standard InChI is InChI=1S/C18H29N3/c1-14-12-17(6-5-15(14)7-9-19)21-11-8-18-16(13-21)4-3-10-20(18)2/h5-6,12,16,18H,3-4,7-11,13,19H2,1-2H3. The van der Waals surface area contributed by atoms with Gasteiger partial charge < -0.3 is 15.5 Å². The Labute approximate surface area is 129 Å². The van der Waals surface area contributed by atoms with Gasteiger partial charge in [-0.2, -0.15) is 0 Å². The number of nitrogens with two attached hydrogens (primary N) is 1. The molecule has 2 aliphatic heterocycles. The van der Waals surface area contributed by atoms with E-state index in [-0.39, 0.29) is 0 Å². The number of rotatable bonds is 3. The number of hydrogen-bond donors (Lipinski definition) is 1. The zero-order valence-corrected chi connectivity index (χ0v) is 13.5. The molecule has 0 spiro atoms. The largest absolute Gasteiger partial charge is 0.371 e. The molecule has 2 unspecified atom stereocenters. The molecule has 2 fully saturated rings. The first-order valence-electron chi connectivity index (χ1n) is 8.44. The molecule has 2 aliphatic rings. The summed E-state index contributed by atoms with van der Waals surface area (Å²) in [7, 11) is 2.30. The first-order chi connectivity index (χ1) is 10.2. The van der Waals surface area contributed by atoms with Crippen molar-refractivity contribution in [1.29, 1.82) is 0 Å². The predicted molar refractivity (Wildman–Crippen MR) is 89.9 cm³/mol. The van der Waals surface area contributed by atoms with Crippen LogP contribution < -0.4 is 10.6 Å². The van der Waals surface area contributed by atoms with Crippen molar-refractivity contribution < 1.29 is 0 Å². The maximum absolute atomic E-state index is 5.68. The van der Waals surface area contributed by atoms with Gasteiger partial charge in [0, 0.05) is 24.8 Å². The summed E-state index contributed by atoms with van der Waals surface area (Å²) in [5.41, 5.74) is 9.87. The van der Waals surface area contributed by atoms with Gasteiger partial charge in [0.15, 0.2) is 0 Å². The highest BCUT2D eigenvalue weighted by Gasteiger charge is 2.34. The zero-order chi connectivity index (χ0) is 14.8. The van der Waals surface area contributed by atoms with Gasteiger partial charge in [0.2, 0.25) is 0 Å². The van der Waals surface area contributed by atoms with E-state index in [0.29, 0.717) is 0 Å². The van der Waals surface area contributed by atoms with Gasteiger partial charge in [0.25, 0.3) is 0 Å². The van der Waals surface area contributed by atoms with Crippen LogP contribution in [-0.2, 0) is 6.42 Å². The maximum Gasteiger partial charge on any atom is 0.0369 e. The van der Waals surface area contributed by atoms with Crippen molar-refractivity contribution in [3.05, 3.63) is 29.3 Å². The Balaban J connectivity index is 1.72. The van der Waals surface area contributed by atoms with Crippen LogP contribution in [0.1, 0.15) is 30.4 Å². The molecule has 0 amide bonds. The fourth-order valence-electron chi connectivity index (χ4n) is 4.20. The van der Waals surface area contributed by atoms with Crippen LogP contribution >= 0.6 is 0 Å². The van der Waals surface area contributed by atoms with Crippen LogP contribution in [0.2, 0.25) is 0 Å². The molecule has 1 aromatic carbocycles. The molecule has 0 radical (unpaired) electrons. The van der Waals surface area contributed by atoms with Gasteiger partial charge in [-0.05, 0) is 81.9 Å². The highest BCUT2D eigenvalue weighted by molar-refractivity contribution is 5.51. The summed E-state index contributed by atoms with van der Waals surface area (Å²) in [6, 6.07) is 7.74. The Bertz CT molecular complexity index is 485. The van der Waals surface area contributed by atoms with Crippen LogP contribution in [0.3, 0.4) is 0 Å². The van der Waals surface area contributed by atoms with E-state index >= 15 is 0 Å². The first-order valence-corrected chi connectivity index (χ1v) is 8.44. The molecule has 0 bridgehead atoms. The molecule has 3 rings (SSSR count). The third-order valence-corrected chi connectivity index (χ3v) is 5.45. The van der Waals surface area contributed by atoms with Crippen LogP contribution in [0, 0.1) is 12.8 Å². The SMILES string of the molecule is Cc1cc(N2CCC3C(CCCN3C)C2)ccc1CCN. The summed E-state index contributed by atoms with van der Waals surface area (Å²) < 4.78 is 0. The topological polar surface area (TPSA) is 32.5 Å². The summed E-state index contributed by atoms with van der Waals surface area (Å²) in [5, 5.41) is 0. The van der Waals surface area contributed by atoms with Crippen molar-refractivity contribution in [2.75, 3.05) is 38.1 Å². The molecule has 3 heteroatoms. The van der Waals surface area contributed by atoms with Crippen molar-refractivity contribution in [3.63, 3.8) is 0 Å². The molecule has 0 aliphatic carbocycles. The van der Waals surface area contributed by atoms with E-state index in [1.807, 2.05) is 0 Å². The van der Waals surface area contributed by atoms with Gasteiger partial charge in [-0.3, -0.25) is 0 Å². The van der Waals surface area contributed by atoms with Crippen LogP contribution in [0.15, 0.2) is 18.2 Å². The molecule has 2 atom stereocenters. The van der Waals surface area contributed by atoms with Gasteiger partial charge in [0.1, 0.15) is 0 Å². The Morgan fingerprint density at radius 3 is 2.86 bits per heavy atom. The second kappa shape index (κ2) is 6.37. The summed E-state index contributed by atoms with van der Waals surface area (Å²) in [5.74, 6) is 0.849. The molecule has 0 aromatic heterocycles. The number of benzene rings is 1. The highest BCUT2D eigenvalue weighted by Crippen LogP contribution is 2.32. The lowest BCUT2D eigenvalue weighted by Crippen LogP contribution is -2.52. The van der Waals surface area contributed by atoms with Gasteiger partial charge in [-0.15, -0.1) is 0 Å². The Morgan fingerprint density at radius 1 is 1.24 bits per heavy atom. The minimum Gasteiger partial charge on any atom is -0.371 e. The molecule has 2 N–H and O–H groups in total. The molecule has 2 saturated heterocycles. The Kier molecular flexibility index (Phi) is 4.51. The summed E-state index contributed by atoms with van der Waals surface area (Å²) >= 11 is 0. The summed E-state index contributed by atoms with van der Waals surface area (Å²) in [4.78, 5) is 5.18. The summed E-state index contributed by atoms with van der Waals surface area (Å²) in [6.07, 6.45) is 5.06. The molecule has 21 heavy (non-hydrogen) atoms. The Hall–Kier alpha value is -1.06. The predicted octanol–water partition coefficient (Wildman–Crippen LogP) is 2.42. The molecule has 3 nitrogen and oxygen atoms in total. The van der Waals surface area contributed by atoms with E-state index in [4.69, 9.17) is 5.73 Å². The van der Waals surface area contributed by atoms with E-state index in [2.05, 4.69) is 42.0 Å². The number of anilines is 1. The first kappa shape index (κ1) is 14.9. The van der Waals surface area contributed by atoms with Crippen molar-refractivity contribution in [2.24, 2.45) is 11.7 Å². The molecular formula is C18H29N3. The van der Waals surface area contributed by atoms with E-state index in [0.717, 1.165) is 24.9 Å². The number of likely N-dealkylation sites (tertiary alicyclic amines) is 1. The van der Waals surface area contributed by atoms with Gasteiger partial charge in [-0.1, -0.05) is 6.07 Å². The highest BCUT2D eigenvalue weighted by atomic mass is 15.2.